The minimum absolute atomic E-state index is 0.656. The molecule has 142 valence electrons. The Kier molecular flexibility index (Phi) is 7.46. The molecule has 1 unspecified atom stereocenters. The van der Waals surface area contributed by atoms with Crippen LogP contribution in [0.3, 0.4) is 0 Å². The van der Waals surface area contributed by atoms with E-state index in [2.05, 4.69) is 67.8 Å². The zero-order chi connectivity index (χ0) is 18.9. The second-order valence-corrected chi connectivity index (χ2v) is 7.98. The Morgan fingerprint density at radius 2 is 1.78 bits per heavy atom. The van der Waals surface area contributed by atoms with Crippen molar-refractivity contribution in [2.24, 2.45) is 5.92 Å². The molecule has 3 aromatic rings. The molecule has 0 aliphatic heterocycles. The van der Waals surface area contributed by atoms with E-state index in [0.717, 1.165) is 35.0 Å². The average molecular weight is 380 g/mol. The summed E-state index contributed by atoms with van der Waals surface area (Å²) in [6.07, 6.45) is 5.87. The van der Waals surface area contributed by atoms with Crippen LogP contribution in [-0.2, 0) is 6.42 Å². The molecule has 1 heterocycles. The Balaban J connectivity index is 1.57. The van der Waals surface area contributed by atoms with E-state index in [0.29, 0.717) is 5.92 Å². The number of nitrogens with zero attached hydrogens (tertiary/aromatic N) is 1. The summed E-state index contributed by atoms with van der Waals surface area (Å²) >= 11 is 1.73. The van der Waals surface area contributed by atoms with Gasteiger partial charge in [0.2, 0.25) is 0 Å². The first-order valence-corrected chi connectivity index (χ1v) is 10.9. The van der Waals surface area contributed by atoms with Crippen LogP contribution in [0.25, 0.3) is 11.3 Å². The number of hydrogen-bond acceptors (Lipinski definition) is 3. The van der Waals surface area contributed by atoms with Gasteiger partial charge < -0.3 is 4.74 Å². The summed E-state index contributed by atoms with van der Waals surface area (Å²) in [5.74, 6) is 1.61. The third kappa shape index (κ3) is 5.93. The molecule has 0 spiro atoms. The zero-order valence-corrected chi connectivity index (χ0v) is 17.2. The van der Waals surface area contributed by atoms with Gasteiger partial charge in [0.05, 0.1) is 17.3 Å². The van der Waals surface area contributed by atoms with Crippen molar-refractivity contribution in [3.05, 3.63) is 70.5 Å². The van der Waals surface area contributed by atoms with Gasteiger partial charge >= 0.3 is 0 Å². The molecule has 0 fully saturated rings. The van der Waals surface area contributed by atoms with E-state index < -0.39 is 0 Å². The summed E-state index contributed by atoms with van der Waals surface area (Å²) in [6.45, 7) is 5.31. The topological polar surface area (TPSA) is 22.1 Å². The maximum Gasteiger partial charge on any atom is 0.119 e. The number of thiazole rings is 1. The highest BCUT2D eigenvalue weighted by Crippen LogP contribution is 2.26. The van der Waals surface area contributed by atoms with Crippen molar-refractivity contribution >= 4 is 11.3 Å². The molecule has 0 aliphatic carbocycles. The summed E-state index contributed by atoms with van der Waals surface area (Å²) < 4.78 is 6.01. The summed E-state index contributed by atoms with van der Waals surface area (Å²) in [5, 5.41) is 3.30. The fourth-order valence-electron chi connectivity index (χ4n) is 3.13. The fourth-order valence-corrected chi connectivity index (χ4v) is 3.97. The lowest BCUT2D eigenvalue weighted by Gasteiger charge is -2.15. The molecule has 0 aliphatic rings. The Labute approximate surface area is 167 Å². The van der Waals surface area contributed by atoms with Gasteiger partial charge in [0.25, 0.3) is 0 Å². The molecule has 1 aromatic heterocycles. The van der Waals surface area contributed by atoms with E-state index in [1.165, 1.54) is 31.2 Å². The van der Waals surface area contributed by atoms with Crippen LogP contribution >= 0.6 is 11.3 Å². The number of benzene rings is 2. The largest absolute Gasteiger partial charge is 0.493 e. The lowest BCUT2D eigenvalue weighted by molar-refractivity contribution is 0.233. The van der Waals surface area contributed by atoms with Crippen LogP contribution in [0.15, 0.2) is 60.0 Å². The van der Waals surface area contributed by atoms with Crippen molar-refractivity contribution < 1.29 is 4.74 Å². The van der Waals surface area contributed by atoms with E-state index >= 15 is 0 Å². The lowest BCUT2D eigenvalue weighted by atomic mass is 10.0. The van der Waals surface area contributed by atoms with Crippen LogP contribution in [0, 0.1) is 5.92 Å². The Morgan fingerprint density at radius 3 is 2.48 bits per heavy atom. The molecule has 0 amide bonds. The zero-order valence-electron chi connectivity index (χ0n) is 16.4. The van der Waals surface area contributed by atoms with Gasteiger partial charge in [-0.3, -0.25) is 0 Å². The number of ether oxygens (including phenoxy) is 1. The van der Waals surface area contributed by atoms with Gasteiger partial charge in [-0.15, -0.1) is 11.3 Å². The van der Waals surface area contributed by atoms with Crippen LogP contribution in [0.5, 0.6) is 5.75 Å². The SMILES string of the molecule is CCCCC(CC)COc1ccc(-c2csc(Cc3ccccc3)n2)cc1. The normalized spacial score (nSPS) is 12.1. The van der Waals surface area contributed by atoms with Crippen LogP contribution < -0.4 is 4.74 Å². The molecule has 2 aromatic carbocycles. The second-order valence-electron chi connectivity index (χ2n) is 7.04. The van der Waals surface area contributed by atoms with Gasteiger partial charge in [-0.25, -0.2) is 4.98 Å². The average Bonchev–Trinajstić information content (AvgIpc) is 3.18. The maximum atomic E-state index is 6.01. The van der Waals surface area contributed by atoms with Crippen molar-refractivity contribution in [3.63, 3.8) is 0 Å². The summed E-state index contributed by atoms with van der Waals surface area (Å²) in [6, 6.07) is 18.9. The minimum atomic E-state index is 0.656. The molecule has 3 rings (SSSR count). The molecule has 27 heavy (non-hydrogen) atoms. The van der Waals surface area contributed by atoms with E-state index in [9.17, 15) is 0 Å². The maximum absolute atomic E-state index is 6.01. The van der Waals surface area contributed by atoms with Gasteiger partial charge in [0, 0.05) is 17.4 Å². The van der Waals surface area contributed by atoms with Crippen molar-refractivity contribution in [2.75, 3.05) is 6.61 Å². The third-order valence-electron chi connectivity index (χ3n) is 4.93. The molecule has 2 nitrogen and oxygen atoms in total. The van der Waals surface area contributed by atoms with E-state index in [-0.39, 0.29) is 0 Å². The van der Waals surface area contributed by atoms with Crippen molar-refractivity contribution in [1.29, 1.82) is 0 Å². The first-order valence-electron chi connectivity index (χ1n) is 10.00. The van der Waals surface area contributed by atoms with Crippen LogP contribution in [0.4, 0.5) is 0 Å². The highest BCUT2D eigenvalue weighted by Gasteiger charge is 2.08. The molecule has 1 atom stereocenters. The molecule has 0 saturated heterocycles. The Morgan fingerprint density at radius 1 is 1.00 bits per heavy atom. The quantitative estimate of drug-likeness (QED) is 0.378. The molecule has 0 bridgehead atoms. The van der Waals surface area contributed by atoms with Gasteiger partial charge in [-0.2, -0.15) is 0 Å². The summed E-state index contributed by atoms with van der Waals surface area (Å²) in [7, 11) is 0. The van der Waals surface area contributed by atoms with Crippen molar-refractivity contribution in [3.8, 4) is 17.0 Å². The van der Waals surface area contributed by atoms with Gasteiger partial charge in [-0.1, -0.05) is 63.4 Å². The summed E-state index contributed by atoms with van der Waals surface area (Å²) in [5.41, 5.74) is 3.50. The lowest BCUT2D eigenvalue weighted by Crippen LogP contribution is -2.11. The molecule has 3 heteroatoms. The van der Waals surface area contributed by atoms with Gasteiger partial charge in [0.15, 0.2) is 0 Å². The first-order chi connectivity index (χ1) is 13.3. The minimum Gasteiger partial charge on any atom is -0.493 e. The predicted octanol–water partition coefficient (Wildman–Crippen LogP) is 7.00. The molecular formula is C24H29NOS. The second kappa shape index (κ2) is 10.3. The predicted molar refractivity (Wildman–Crippen MR) is 116 cm³/mol. The molecular weight excluding hydrogens is 350 g/mol. The van der Waals surface area contributed by atoms with E-state index in [1.807, 2.05) is 6.07 Å². The number of aromatic nitrogens is 1. The molecule has 0 N–H and O–H groups in total. The van der Waals surface area contributed by atoms with Crippen molar-refractivity contribution in [2.45, 2.75) is 46.0 Å². The van der Waals surface area contributed by atoms with Crippen molar-refractivity contribution in [1.82, 2.24) is 4.98 Å². The smallest absolute Gasteiger partial charge is 0.119 e. The molecule has 0 radical (unpaired) electrons. The van der Waals surface area contributed by atoms with E-state index in [4.69, 9.17) is 9.72 Å². The summed E-state index contributed by atoms with van der Waals surface area (Å²) in [4.78, 5) is 4.80. The van der Waals surface area contributed by atoms with Gasteiger partial charge in [0.1, 0.15) is 5.75 Å². The fraction of sp³-hybridized carbons (Fsp3) is 0.375. The van der Waals surface area contributed by atoms with Gasteiger partial charge in [-0.05, 0) is 42.2 Å². The highest BCUT2D eigenvalue weighted by atomic mass is 32.1. The monoisotopic (exact) mass is 379 g/mol. The first kappa shape index (κ1) is 19.6. The third-order valence-corrected chi connectivity index (χ3v) is 5.78. The van der Waals surface area contributed by atoms with Crippen LogP contribution in [-0.4, -0.2) is 11.6 Å². The standard InChI is InChI=1S/C24H29NOS/c1-3-5-9-19(4-2)17-26-22-14-12-21(13-15-22)23-18-27-24(25-23)16-20-10-7-6-8-11-20/h6-8,10-15,18-19H,3-5,9,16-17H2,1-2H3. The highest BCUT2D eigenvalue weighted by molar-refractivity contribution is 7.10. The number of hydrogen-bond donors (Lipinski definition) is 0. The Hall–Kier alpha value is -2.13. The number of unbranched alkanes of at least 4 members (excludes halogenated alkanes) is 1. The van der Waals surface area contributed by atoms with E-state index in [1.54, 1.807) is 11.3 Å². The number of rotatable bonds is 10. The van der Waals surface area contributed by atoms with Crippen LogP contribution in [0.2, 0.25) is 0 Å². The molecule has 0 saturated carbocycles. The Bertz CT molecular complexity index is 795. The van der Waals surface area contributed by atoms with Crippen LogP contribution in [0.1, 0.15) is 50.1 Å².